The highest BCUT2D eigenvalue weighted by molar-refractivity contribution is 5.87. The molecule has 2 saturated heterocycles. The number of benzene rings is 1. The van der Waals surface area contributed by atoms with Crippen molar-refractivity contribution in [1.29, 1.82) is 0 Å². The lowest BCUT2D eigenvalue weighted by Crippen LogP contribution is -2.55. The number of carbonyl (C=O) groups is 1. The maximum absolute atomic E-state index is 13.2. The molecular weight excluding hydrogens is 312 g/mol. The van der Waals surface area contributed by atoms with E-state index in [1.807, 2.05) is 17.3 Å². The minimum atomic E-state index is -0.434. The van der Waals surface area contributed by atoms with Crippen LogP contribution in [0.5, 0.6) is 0 Å². The van der Waals surface area contributed by atoms with Crippen LogP contribution in [0.4, 0.5) is 0 Å². The van der Waals surface area contributed by atoms with Crippen LogP contribution >= 0.6 is 0 Å². The minimum absolute atomic E-state index is 0.288. The van der Waals surface area contributed by atoms with Crippen LogP contribution < -0.4 is 5.32 Å². The summed E-state index contributed by atoms with van der Waals surface area (Å²) < 4.78 is 0. The number of likely N-dealkylation sites (tertiary alicyclic amines) is 1. The molecule has 25 heavy (non-hydrogen) atoms. The summed E-state index contributed by atoms with van der Waals surface area (Å²) in [6.45, 7) is 2.74. The molecule has 0 bridgehead atoms. The van der Waals surface area contributed by atoms with Gasteiger partial charge >= 0.3 is 0 Å². The third kappa shape index (κ3) is 3.29. The van der Waals surface area contributed by atoms with Gasteiger partial charge in [0.15, 0.2) is 0 Å². The summed E-state index contributed by atoms with van der Waals surface area (Å²) in [5.41, 5.74) is 2.85. The van der Waals surface area contributed by atoms with Crippen LogP contribution in [0.25, 0.3) is 11.1 Å². The largest absolute Gasteiger partial charge is 0.341 e. The molecule has 2 aliphatic heterocycles. The van der Waals surface area contributed by atoms with Crippen molar-refractivity contribution in [1.82, 2.24) is 20.2 Å². The van der Waals surface area contributed by atoms with E-state index in [1.54, 1.807) is 6.33 Å². The van der Waals surface area contributed by atoms with E-state index in [0.717, 1.165) is 62.9 Å². The van der Waals surface area contributed by atoms with Gasteiger partial charge in [0.2, 0.25) is 5.91 Å². The van der Waals surface area contributed by atoms with Crippen LogP contribution in [0.3, 0.4) is 0 Å². The van der Waals surface area contributed by atoms with Gasteiger partial charge in [0, 0.05) is 31.0 Å². The second-order valence-corrected chi connectivity index (χ2v) is 7.12. The number of nitrogens with one attached hydrogen (secondary N) is 1. The zero-order valence-corrected chi connectivity index (χ0v) is 14.4. The summed E-state index contributed by atoms with van der Waals surface area (Å²) in [6, 6.07) is 8.41. The van der Waals surface area contributed by atoms with Gasteiger partial charge in [0.25, 0.3) is 0 Å². The Balaban J connectivity index is 1.59. The molecule has 0 radical (unpaired) electrons. The first-order valence-electron chi connectivity index (χ1n) is 9.16. The van der Waals surface area contributed by atoms with Crippen LogP contribution in [0, 0.1) is 0 Å². The topological polar surface area (TPSA) is 58.1 Å². The Morgan fingerprint density at radius 3 is 2.64 bits per heavy atom. The SMILES string of the molecule is O=C(N1CCCC1)C1(Cc2cccc(-c3cncnc3)c2)CCCN1. The standard InChI is InChI=1S/C20H24N4O/c25-19(24-9-1-2-10-24)20(7-4-8-23-20)12-16-5-3-6-17(11-16)18-13-21-15-22-14-18/h3,5-6,11,13-15,23H,1-2,4,7-10,12H2. The summed E-state index contributed by atoms with van der Waals surface area (Å²) in [5.74, 6) is 0.288. The molecule has 1 aromatic carbocycles. The predicted molar refractivity (Wildman–Crippen MR) is 97.0 cm³/mol. The highest BCUT2D eigenvalue weighted by Crippen LogP contribution is 2.29. The first-order valence-corrected chi connectivity index (χ1v) is 9.16. The lowest BCUT2D eigenvalue weighted by atomic mass is 9.87. The van der Waals surface area contributed by atoms with Gasteiger partial charge in [0.05, 0.1) is 0 Å². The number of hydrogen-bond acceptors (Lipinski definition) is 4. The highest BCUT2D eigenvalue weighted by atomic mass is 16.2. The number of nitrogens with zero attached hydrogens (tertiary/aromatic N) is 3. The summed E-state index contributed by atoms with van der Waals surface area (Å²) >= 11 is 0. The fourth-order valence-corrected chi connectivity index (χ4v) is 4.10. The van der Waals surface area contributed by atoms with Crippen molar-refractivity contribution in [2.45, 2.75) is 37.6 Å². The molecule has 1 unspecified atom stereocenters. The molecule has 5 nitrogen and oxygen atoms in total. The monoisotopic (exact) mass is 336 g/mol. The van der Waals surface area contributed by atoms with E-state index in [4.69, 9.17) is 0 Å². The first kappa shape index (κ1) is 16.2. The molecule has 0 aliphatic carbocycles. The normalized spacial score (nSPS) is 23.1. The van der Waals surface area contributed by atoms with Crippen LogP contribution in [-0.4, -0.2) is 45.9 Å². The zero-order valence-electron chi connectivity index (χ0n) is 14.4. The van der Waals surface area contributed by atoms with E-state index >= 15 is 0 Å². The molecule has 3 heterocycles. The molecule has 1 atom stereocenters. The van der Waals surface area contributed by atoms with Gasteiger partial charge in [-0.1, -0.05) is 24.3 Å². The third-order valence-electron chi connectivity index (χ3n) is 5.37. The van der Waals surface area contributed by atoms with Crippen LogP contribution in [-0.2, 0) is 11.2 Å². The van der Waals surface area contributed by atoms with Gasteiger partial charge < -0.3 is 10.2 Å². The smallest absolute Gasteiger partial charge is 0.243 e. The fraction of sp³-hybridized carbons (Fsp3) is 0.450. The molecule has 1 amide bonds. The third-order valence-corrected chi connectivity index (χ3v) is 5.37. The Hall–Kier alpha value is -2.27. The van der Waals surface area contributed by atoms with Gasteiger partial charge in [-0.05, 0) is 49.8 Å². The maximum Gasteiger partial charge on any atom is 0.243 e. The quantitative estimate of drug-likeness (QED) is 0.932. The van der Waals surface area contributed by atoms with E-state index in [-0.39, 0.29) is 5.91 Å². The fourth-order valence-electron chi connectivity index (χ4n) is 4.10. The molecule has 130 valence electrons. The van der Waals surface area contributed by atoms with Crippen molar-refractivity contribution in [3.63, 3.8) is 0 Å². The zero-order chi connectivity index (χ0) is 17.1. The second-order valence-electron chi connectivity index (χ2n) is 7.12. The van der Waals surface area contributed by atoms with Crippen LogP contribution in [0.1, 0.15) is 31.2 Å². The molecule has 0 saturated carbocycles. The summed E-state index contributed by atoms with van der Waals surface area (Å²) in [7, 11) is 0. The van der Waals surface area contributed by atoms with Gasteiger partial charge in [-0.2, -0.15) is 0 Å². The Morgan fingerprint density at radius 2 is 1.92 bits per heavy atom. The number of carbonyl (C=O) groups excluding carboxylic acids is 1. The van der Waals surface area contributed by atoms with Gasteiger partial charge in [-0.15, -0.1) is 0 Å². The van der Waals surface area contributed by atoms with Gasteiger partial charge in [-0.25, -0.2) is 9.97 Å². The number of hydrogen-bond donors (Lipinski definition) is 1. The highest BCUT2D eigenvalue weighted by Gasteiger charge is 2.43. The summed E-state index contributed by atoms with van der Waals surface area (Å²) in [6.07, 6.45) is 10.2. The molecular formula is C20H24N4O. The second kappa shape index (κ2) is 6.92. The molecule has 0 spiro atoms. The lowest BCUT2D eigenvalue weighted by molar-refractivity contribution is -0.136. The number of aromatic nitrogens is 2. The Morgan fingerprint density at radius 1 is 1.12 bits per heavy atom. The Bertz CT molecular complexity index is 734. The van der Waals surface area contributed by atoms with Crippen molar-refractivity contribution in [3.05, 3.63) is 48.5 Å². The molecule has 4 rings (SSSR count). The van der Waals surface area contributed by atoms with E-state index < -0.39 is 5.54 Å². The van der Waals surface area contributed by atoms with E-state index in [2.05, 4.69) is 39.6 Å². The Kier molecular flexibility index (Phi) is 4.49. The van der Waals surface area contributed by atoms with Crippen molar-refractivity contribution in [3.8, 4) is 11.1 Å². The van der Waals surface area contributed by atoms with Crippen molar-refractivity contribution >= 4 is 5.91 Å². The average molecular weight is 336 g/mol. The van der Waals surface area contributed by atoms with Crippen molar-refractivity contribution in [2.75, 3.05) is 19.6 Å². The lowest BCUT2D eigenvalue weighted by Gasteiger charge is -2.33. The average Bonchev–Trinajstić information content (AvgIpc) is 3.35. The van der Waals surface area contributed by atoms with Gasteiger partial charge in [0.1, 0.15) is 11.9 Å². The van der Waals surface area contributed by atoms with Crippen molar-refractivity contribution < 1.29 is 4.79 Å². The van der Waals surface area contributed by atoms with E-state index in [0.29, 0.717) is 0 Å². The molecule has 1 N–H and O–H groups in total. The minimum Gasteiger partial charge on any atom is -0.341 e. The van der Waals surface area contributed by atoms with Crippen LogP contribution in [0.2, 0.25) is 0 Å². The molecule has 2 aliphatic rings. The predicted octanol–water partition coefficient (Wildman–Crippen LogP) is 2.43. The molecule has 2 fully saturated rings. The molecule has 2 aromatic rings. The summed E-state index contributed by atoms with van der Waals surface area (Å²) in [5, 5.41) is 3.54. The number of amides is 1. The summed E-state index contributed by atoms with van der Waals surface area (Å²) in [4.78, 5) is 23.4. The van der Waals surface area contributed by atoms with E-state index in [9.17, 15) is 4.79 Å². The van der Waals surface area contributed by atoms with E-state index in [1.165, 1.54) is 5.56 Å². The first-order chi connectivity index (χ1) is 12.3. The number of rotatable bonds is 4. The molecule has 1 aromatic heterocycles. The molecule has 5 heteroatoms. The van der Waals surface area contributed by atoms with Gasteiger partial charge in [-0.3, -0.25) is 4.79 Å². The van der Waals surface area contributed by atoms with Crippen molar-refractivity contribution in [2.24, 2.45) is 0 Å². The maximum atomic E-state index is 13.2. The Labute approximate surface area is 148 Å². The van der Waals surface area contributed by atoms with Crippen LogP contribution in [0.15, 0.2) is 43.0 Å².